The third-order valence-corrected chi connectivity index (χ3v) is 5.80. The fourth-order valence-electron chi connectivity index (χ4n) is 3.52. The molecule has 2 aromatic rings. The van der Waals surface area contributed by atoms with E-state index in [-0.39, 0.29) is 17.7 Å². The van der Waals surface area contributed by atoms with E-state index in [4.69, 9.17) is 26.0 Å². The molecule has 4 rings (SSSR count). The van der Waals surface area contributed by atoms with Crippen LogP contribution in [0.15, 0.2) is 22.4 Å². The Kier molecular flexibility index (Phi) is 8.57. The number of nitrogens with zero attached hydrogens (tertiary/aromatic N) is 7. The van der Waals surface area contributed by atoms with E-state index >= 15 is 0 Å². The van der Waals surface area contributed by atoms with Gasteiger partial charge in [0, 0.05) is 32.2 Å². The van der Waals surface area contributed by atoms with Crippen molar-refractivity contribution in [1.29, 1.82) is 0 Å². The van der Waals surface area contributed by atoms with Crippen LogP contribution < -0.4 is 10.1 Å². The highest BCUT2D eigenvalue weighted by molar-refractivity contribution is 5.73. The average molecular weight is 509 g/mol. The van der Waals surface area contributed by atoms with Gasteiger partial charge in [0.2, 0.25) is 0 Å². The number of aliphatic carboxylic acids is 1. The maximum Gasteiger partial charge on any atom is 0.490 e. The molecule has 0 aliphatic carbocycles. The molecule has 2 aliphatic heterocycles. The van der Waals surface area contributed by atoms with Crippen molar-refractivity contribution in [3.05, 3.63) is 29.3 Å². The fraction of sp³-hybridized carbons (Fsp3) is 0.591. The summed E-state index contributed by atoms with van der Waals surface area (Å²) >= 11 is 0. The zero-order valence-corrected chi connectivity index (χ0v) is 19.9. The van der Waals surface area contributed by atoms with Gasteiger partial charge in [0.1, 0.15) is 11.8 Å². The van der Waals surface area contributed by atoms with Gasteiger partial charge in [-0.15, -0.1) is 17.4 Å². The van der Waals surface area contributed by atoms with Crippen LogP contribution >= 0.6 is 0 Å². The van der Waals surface area contributed by atoms with Gasteiger partial charge in [-0.2, -0.15) is 23.4 Å². The van der Waals surface area contributed by atoms with E-state index in [1.807, 2.05) is 16.8 Å². The molecular weight excluding hydrogens is 481 g/mol. The van der Waals surface area contributed by atoms with E-state index < -0.39 is 12.1 Å². The number of hydrogen-bond acceptors (Lipinski definition) is 9. The third kappa shape index (κ3) is 6.75. The molecule has 0 saturated carbocycles. The first-order valence-corrected chi connectivity index (χ1v) is 11.4. The van der Waals surface area contributed by atoms with Crippen molar-refractivity contribution in [2.24, 2.45) is 10.2 Å². The van der Waals surface area contributed by atoms with Crippen LogP contribution in [0.2, 0.25) is 0 Å². The maximum absolute atomic E-state index is 10.6. The van der Waals surface area contributed by atoms with E-state index in [1.165, 1.54) is 0 Å². The Morgan fingerprint density at radius 2 is 2.08 bits per heavy atom. The molecule has 0 bridgehead atoms. The normalized spacial score (nSPS) is 16.7. The van der Waals surface area contributed by atoms with Crippen molar-refractivity contribution in [2.45, 2.75) is 69.9 Å². The smallest absolute Gasteiger partial charge is 0.490 e. The van der Waals surface area contributed by atoms with Crippen LogP contribution in [0.3, 0.4) is 0 Å². The predicted octanol–water partition coefficient (Wildman–Crippen LogP) is 3.25. The molecule has 2 N–H and O–H groups in total. The molecule has 194 valence electrons. The molecule has 2 atom stereocenters. The highest BCUT2D eigenvalue weighted by atomic mass is 19.4. The van der Waals surface area contributed by atoms with Gasteiger partial charge in [0.05, 0.1) is 24.0 Å². The summed E-state index contributed by atoms with van der Waals surface area (Å²) in [7, 11) is 0. The molecule has 2 unspecified atom stereocenters. The minimum Gasteiger partial charge on any atom is -0.491 e. The second kappa shape index (κ2) is 11.4. The van der Waals surface area contributed by atoms with Gasteiger partial charge < -0.3 is 15.2 Å². The summed E-state index contributed by atoms with van der Waals surface area (Å²) < 4.78 is 39.2. The van der Waals surface area contributed by atoms with Crippen LogP contribution in [0.4, 0.5) is 13.2 Å². The number of nitrogens with one attached hydrogen (secondary N) is 1. The van der Waals surface area contributed by atoms with Crippen LogP contribution in [0.1, 0.15) is 68.8 Å². The van der Waals surface area contributed by atoms with Crippen LogP contribution in [0, 0.1) is 12.3 Å². The highest BCUT2D eigenvalue weighted by Crippen LogP contribution is 2.36. The number of carboxylic acids is 1. The lowest BCUT2D eigenvalue weighted by molar-refractivity contribution is -0.192. The molecule has 0 fully saturated rings. The van der Waals surface area contributed by atoms with Gasteiger partial charge in [-0.05, 0) is 35.9 Å². The first-order valence-electron chi connectivity index (χ1n) is 11.4. The van der Waals surface area contributed by atoms with Crippen molar-refractivity contribution in [1.82, 2.24) is 30.5 Å². The summed E-state index contributed by atoms with van der Waals surface area (Å²) in [6.45, 7) is 5.60. The second-order valence-corrected chi connectivity index (χ2v) is 8.34. The number of ether oxygens (including phenoxy) is 1. The van der Waals surface area contributed by atoms with E-state index in [1.54, 1.807) is 0 Å². The monoisotopic (exact) mass is 508 g/mol. The molecule has 0 saturated heterocycles. The summed E-state index contributed by atoms with van der Waals surface area (Å²) in [6.07, 6.45) is 4.30. The molecular formula is C22H27F3N8O3. The van der Waals surface area contributed by atoms with Crippen molar-refractivity contribution in [3.63, 3.8) is 0 Å². The summed E-state index contributed by atoms with van der Waals surface area (Å²) in [5, 5.41) is 31.6. The van der Waals surface area contributed by atoms with Crippen LogP contribution in [-0.2, 0) is 11.2 Å². The SMILES string of the molecule is C#CCCC1(CCNC(c2ccc3c(n2)CCO3)c2nnnn2C(C)CC)N=N1.O=C(O)C(F)(F)F. The number of halogens is 3. The van der Waals surface area contributed by atoms with Crippen molar-refractivity contribution < 1.29 is 27.8 Å². The van der Waals surface area contributed by atoms with Gasteiger partial charge in [0.25, 0.3) is 0 Å². The largest absolute Gasteiger partial charge is 0.491 e. The van der Waals surface area contributed by atoms with Gasteiger partial charge in [0.15, 0.2) is 11.5 Å². The average Bonchev–Trinajstić information content (AvgIpc) is 3.22. The summed E-state index contributed by atoms with van der Waals surface area (Å²) in [4.78, 5) is 13.7. The number of terminal acetylenes is 1. The van der Waals surface area contributed by atoms with E-state index in [0.717, 1.165) is 48.6 Å². The number of aromatic nitrogens is 5. The molecule has 14 heteroatoms. The lowest BCUT2D eigenvalue weighted by Crippen LogP contribution is -2.31. The van der Waals surface area contributed by atoms with Gasteiger partial charge in [-0.3, -0.25) is 4.98 Å². The molecule has 2 aliphatic rings. The van der Waals surface area contributed by atoms with Gasteiger partial charge >= 0.3 is 12.1 Å². The Morgan fingerprint density at radius 3 is 2.69 bits per heavy atom. The van der Waals surface area contributed by atoms with Gasteiger partial charge in [-0.25, -0.2) is 9.48 Å². The number of carbonyl (C=O) groups is 1. The molecule has 0 spiro atoms. The van der Waals surface area contributed by atoms with Crippen molar-refractivity contribution in [3.8, 4) is 18.1 Å². The fourth-order valence-corrected chi connectivity index (χ4v) is 3.52. The minimum atomic E-state index is -5.08. The van der Waals surface area contributed by atoms with E-state index in [9.17, 15) is 13.2 Å². The first kappa shape index (κ1) is 27.0. The molecule has 0 aromatic carbocycles. The summed E-state index contributed by atoms with van der Waals surface area (Å²) in [5.74, 6) is 1.53. The zero-order chi connectivity index (χ0) is 26.3. The van der Waals surface area contributed by atoms with Crippen LogP contribution in [0.25, 0.3) is 0 Å². The Labute approximate surface area is 205 Å². The Bertz CT molecular complexity index is 1120. The second-order valence-electron chi connectivity index (χ2n) is 8.34. The number of hydrogen-bond donors (Lipinski definition) is 2. The van der Waals surface area contributed by atoms with Crippen molar-refractivity contribution in [2.75, 3.05) is 13.2 Å². The number of alkyl halides is 3. The molecule has 0 radical (unpaired) electrons. The van der Waals surface area contributed by atoms with Crippen LogP contribution in [0.5, 0.6) is 5.75 Å². The molecule has 2 aromatic heterocycles. The maximum atomic E-state index is 10.6. The predicted molar refractivity (Wildman–Crippen MR) is 120 cm³/mol. The van der Waals surface area contributed by atoms with Crippen molar-refractivity contribution >= 4 is 5.97 Å². The molecule has 4 heterocycles. The lowest BCUT2D eigenvalue weighted by Gasteiger charge is -2.21. The first-order chi connectivity index (χ1) is 17.1. The summed E-state index contributed by atoms with van der Waals surface area (Å²) in [6, 6.07) is 3.93. The molecule has 36 heavy (non-hydrogen) atoms. The number of pyridine rings is 1. The van der Waals surface area contributed by atoms with Gasteiger partial charge in [-0.1, -0.05) is 6.92 Å². The highest BCUT2D eigenvalue weighted by Gasteiger charge is 2.39. The lowest BCUT2D eigenvalue weighted by atomic mass is 10.0. The quantitative estimate of drug-likeness (QED) is 0.466. The van der Waals surface area contributed by atoms with Crippen LogP contribution in [-0.4, -0.2) is 61.3 Å². The third-order valence-electron chi connectivity index (χ3n) is 5.80. The van der Waals surface area contributed by atoms with E-state index in [2.05, 4.69) is 50.8 Å². The number of rotatable bonds is 10. The summed E-state index contributed by atoms with van der Waals surface area (Å²) in [5.41, 5.74) is 1.54. The number of carboxylic acid groups (broad SMARTS) is 1. The number of fused-ring (bicyclic) bond motifs is 1. The Hall–Kier alpha value is -3.60. The topological polar surface area (TPSA) is 140 Å². The Balaban J connectivity index is 0.000000454. The zero-order valence-electron chi connectivity index (χ0n) is 19.9. The molecule has 11 nitrogen and oxygen atoms in total. The number of tetrazole rings is 1. The molecule has 0 amide bonds. The minimum absolute atomic E-state index is 0.192. The Morgan fingerprint density at radius 1 is 1.36 bits per heavy atom. The standard InChI is InChI=1S/C20H26N8O.C2HF3O2/c1-4-6-10-20(24-25-20)11-12-21-18(19-23-26-27-28(19)14(3)5-2)16-7-8-17-15(22-16)9-13-29-17;3-2(4,5)1(6)7/h1,7-8,14,18,21H,5-6,9-13H2,2-3H3;(H,6,7). The van der Waals surface area contributed by atoms with E-state index in [0.29, 0.717) is 19.6 Å².